The Hall–Kier alpha value is -1.36. The summed E-state index contributed by atoms with van der Waals surface area (Å²) in [6.45, 7) is -0.164. The molecule has 0 fully saturated rings. The number of rotatable bonds is 3. The Kier molecular flexibility index (Phi) is 4.01. The van der Waals surface area contributed by atoms with E-state index < -0.39 is 5.82 Å². The molecule has 0 spiro atoms. The summed E-state index contributed by atoms with van der Waals surface area (Å²) in [5.41, 5.74) is 0.564. The van der Waals surface area contributed by atoms with E-state index in [2.05, 4.69) is 4.98 Å². The molecular formula is C12H8Cl2FNO2. The SMILES string of the molecule is OCc1cnc(Oc2ccc(Cl)c(F)c2)c(Cl)c1. The normalized spacial score (nSPS) is 10.4. The van der Waals surface area contributed by atoms with Gasteiger partial charge < -0.3 is 9.84 Å². The molecular weight excluding hydrogens is 280 g/mol. The Balaban J connectivity index is 2.25. The van der Waals surface area contributed by atoms with E-state index in [0.29, 0.717) is 5.56 Å². The maximum atomic E-state index is 13.2. The van der Waals surface area contributed by atoms with Gasteiger partial charge in [0.25, 0.3) is 0 Å². The van der Waals surface area contributed by atoms with Crippen LogP contribution in [0.15, 0.2) is 30.5 Å². The van der Waals surface area contributed by atoms with Crippen molar-refractivity contribution < 1.29 is 14.2 Å². The third-order valence-corrected chi connectivity index (χ3v) is 2.73. The maximum Gasteiger partial charge on any atom is 0.238 e. The molecule has 0 atom stereocenters. The fraction of sp³-hybridized carbons (Fsp3) is 0.0833. The molecule has 0 aliphatic carbocycles. The van der Waals surface area contributed by atoms with Gasteiger partial charge in [0.15, 0.2) is 0 Å². The van der Waals surface area contributed by atoms with E-state index in [0.717, 1.165) is 6.07 Å². The van der Waals surface area contributed by atoms with Crippen LogP contribution < -0.4 is 4.74 Å². The highest BCUT2D eigenvalue weighted by Gasteiger charge is 2.08. The molecule has 94 valence electrons. The van der Waals surface area contributed by atoms with E-state index in [9.17, 15) is 4.39 Å². The zero-order valence-electron chi connectivity index (χ0n) is 9.03. The first-order valence-electron chi connectivity index (χ1n) is 4.98. The van der Waals surface area contributed by atoms with Gasteiger partial charge in [-0.25, -0.2) is 9.37 Å². The van der Waals surface area contributed by atoms with E-state index in [-0.39, 0.29) is 28.3 Å². The van der Waals surface area contributed by atoms with Crippen LogP contribution in [-0.2, 0) is 6.61 Å². The predicted octanol–water partition coefficient (Wildman–Crippen LogP) is 3.81. The summed E-state index contributed by atoms with van der Waals surface area (Å²) in [6, 6.07) is 5.54. The van der Waals surface area contributed by atoms with Gasteiger partial charge in [0, 0.05) is 12.3 Å². The van der Waals surface area contributed by atoms with Crippen LogP contribution in [0.2, 0.25) is 10.0 Å². The number of pyridine rings is 1. The number of hydrogen-bond donors (Lipinski definition) is 1. The van der Waals surface area contributed by atoms with Gasteiger partial charge in [0.1, 0.15) is 16.6 Å². The Morgan fingerprint density at radius 1 is 1.22 bits per heavy atom. The van der Waals surface area contributed by atoms with Crippen LogP contribution in [0.4, 0.5) is 4.39 Å². The summed E-state index contributed by atoms with van der Waals surface area (Å²) in [5.74, 6) is -0.212. The van der Waals surface area contributed by atoms with E-state index in [1.165, 1.54) is 24.4 Å². The second kappa shape index (κ2) is 5.52. The Labute approximate surface area is 113 Å². The minimum absolute atomic E-state index is 0.0111. The van der Waals surface area contributed by atoms with Gasteiger partial charge in [0.2, 0.25) is 5.88 Å². The Bertz CT molecular complexity index is 578. The molecule has 0 amide bonds. The van der Waals surface area contributed by atoms with Gasteiger partial charge in [-0.15, -0.1) is 0 Å². The lowest BCUT2D eigenvalue weighted by atomic mass is 10.3. The third kappa shape index (κ3) is 2.90. The highest BCUT2D eigenvalue weighted by Crippen LogP contribution is 2.29. The summed E-state index contributed by atoms with van der Waals surface area (Å²) in [4.78, 5) is 3.93. The van der Waals surface area contributed by atoms with Crippen LogP contribution in [0.1, 0.15) is 5.56 Å². The fourth-order valence-electron chi connectivity index (χ4n) is 1.28. The summed E-state index contributed by atoms with van der Waals surface area (Å²) >= 11 is 11.5. The van der Waals surface area contributed by atoms with Gasteiger partial charge in [-0.05, 0) is 23.8 Å². The van der Waals surface area contributed by atoms with Crippen LogP contribution in [0, 0.1) is 5.82 Å². The largest absolute Gasteiger partial charge is 0.437 e. The van der Waals surface area contributed by atoms with Gasteiger partial charge in [0.05, 0.1) is 11.6 Å². The molecule has 2 aromatic rings. The van der Waals surface area contributed by atoms with Crippen molar-refractivity contribution in [3.8, 4) is 11.6 Å². The zero-order chi connectivity index (χ0) is 13.1. The van der Waals surface area contributed by atoms with Crippen molar-refractivity contribution in [2.24, 2.45) is 0 Å². The molecule has 1 aromatic heterocycles. The molecule has 0 unspecified atom stereocenters. The molecule has 1 N–H and O–H groups in total. The van der Waals surface area contributed by atoms with Crippen molar-refractivity contribution in [2.45, 2.75) is 6.61 Å². The van der Waals surface area contributed by atoms with Crippen LogP contribution in [-0.4, -0.2) is 10.1 Å². The molecule has 0 bridgehead atoms. The van der Waals surface area contributed by atoms with Crippen molar-refractivity contribution in [1.29, 1.82) is 0 Å². The number of ether oxygens (including phenoxy) is 1. The number of aliphatic hydroxyl groups excluding tert-OH is 1. The molecule has 1 aromatic carbocycles. The second-order valence-electron chi connectivity index (χ2n) is 3.47. The van der Waals surface area contributed by atoms with Crippen LogP contribution in [0.5, 0.6) is 11.6 Å². The quantitative estimate of drug-likeness (QED) is 0.933. The van der Waals surface area contributed by atoms with Crippen molar-refractivity contribution >= 4 is 23.2 Å². The number of aromatic nitrogens is 1. The van der Waals surface area contributed by atoms with E-state index in [4.69, 9.17) is 33.0 Å². The van der Waals surface area contributed by atoms with Gasteiger partial charge in [-0.2, -0.15) is 0 Å². The fourth-order valence-corrected chi connectivity index (χ4v) is 1.62. The average molecular weight is 288 g/mol. The molecule has 2 rings (SSSR count). The Morgan fingerprint density at radius 2 is 2.00 bits per heavy atom. The van der Waals surface area contributed by atoms with Crippen molar-refractivity contribution in [2.75, 3.05) is 0 Å². The third-order valence-electron chi connectivity index (χ3n) is 2.15. The van der Waals surface area contributed by atoms with Crippen LogP contribution in [0.25, 0.3) is 0 Å². The predicted molar refractivity (Wildman–Crippen MR) is 66.7 cm³/mol. The smallest absolute Gasteiger partial charge is 0.238 e. The Morgan fingerprint density at radius 3 is 2.61 bits per heavy atom. The lowest BCUT2D eigenvalue weighted by molar-refractivity contribution is 0.281. The molecule has 18 heavy (non-hydrogen) atoms. The molecule has 0 saturated carbocycles. The number of benzene rings is 1. The van der Waals surface area contributed by atoms with E-state index in [1.54, 1.807) is 0 Å². The van der Waals surface area contributed by atoms with Crippen LogP contribution in [0.3, 0.4) is 0 Å². The number of halogens is 3. The zero-order valence-corrected chi connectivity index (χ0v) is 10.5. The maximum absolute atomic E-state index is 13.2. The molecule has 0 aliphatic heterocycles. The monoisotopic (exact) mass is 287 g/mol. The number of hydrogen-bond acceptors (Lipinski definition) is 3. The van der Waals surface area contributed by atoms with E-state index in [1.807, 2.05) is 0 Å². The average Bonchev–Trinajstić information content (AvgIpc) is 2.36. The minimum atomic E-state index is -0.586. The first kappa shape index (κ1) is 13.1. The summed E-state index contributed by atoms with van der Waals surface area (Å²) in [5, 5.41) is 9.15. The van der Waals surface area contributed by atoms with Crippen molar-refractivity contribution in [3.05, 3.63) is 51.9 Å². The molecule has 1 heterocycles. The first-order chi connectivity index (χ1) is 8.60. The molecule has 0 radical (unpaired) electrons. The van der Waals surface area contributed by atoms with Gasteiger partial charge in [-0.3, -0.25) is 0 Å². The van der Waals surface area contributed by atoms with Crippen LogP contribution >= 0.6 is 23.2 Å². The summed E-state index contributed by atoms with van der Waals surface area (Å²) in [7, 11) is 0. The number of aliphatic hydroxyl groups is 1. The topological polar surface area (TPSA) is 42.4 Å². The first-order valence-corrected chi connectivity index (χ1v) is 5.74. The molecule has 0 aliphatic rings. The number of nitrogens with zero attached hydrogens (tertiary/aromatic N) is 1. The highest BCUT2D eigenvalue weighted by atomic mass is 35.5. The minimum Gasteiger partial charge on any atom is -0.437 e. The van der Waals surface area contributed by atoms with Gasteiger partial charge >= 0.3 is 0 Å². The standard InChI is InChI=1S/C12H8Cl2FNO2/c13-9-2-1-8(4-11(9)15)18-12-10(14)3-7(6-17)5-16-12/h1-5,17H,6H2. The second-order valence-corrected chi connectivity index (χ2v) is 4.28. The molecule has 6 heteroatoms. The molecule has 3 nitrogen and oxygen atoms in total. The highest BCUT2D eigenvalue weighted by molar-refractivity contribution is 6.32. The van der Waals surface area contributed by atoms with Gasteiger partial charge in [-0.1, -0.05) is 23.2 Å². The van der Waals surface area contributed by atoms with Crippen molar-refractivity contribution in [3.63, 3.8) is 0 Å². The van der Waals surface area contributed by atoms with E-state index >= 15 is 0 Å². The summed E-state index contributed by atoms with van der Waals surface area (Å²) in [6.07, 6.45) is 1.42. The molecule has 0 saturated heterocycles. The summed E-state index contributed by atoms with van der Waals surface area (Å²) < 4.78 is 18.5. The van der Waals surface area contributed by atoms with Crippen molar-refractivity contribution in [1.82, 2.24) is 4.98 Å². The lowest BCUT2D eigenvalue weighted by Gasteiger charge is -2.07. The lowest BCUT2D eigenvalue weighted by Crippen LogP contribution is -1.92.